The number of benzene rings is 1. The van der Waals surface area contributed by atoms with Crippen LogP contribution in [0.5, 0.6) is 0 Å². The van der Waals surface area contributed by atoms with Crippen molar-refractivity contribution >= 4 is 11.6 Å². The van der Waals surface area contributed by atoms with Crippen molar-refractivity contribution < 1.29 is 8.78 Å². The highest BCUT2D eigenvalue weighted by atomic mass is 19.2. The van der Waals surface area contributed by atoms with Gasteiger partial charge < -0.3 is 16.0 Å². The number of rotatable bonds is 3. The molecule has 2 aromatic rings. The van der Waals surface area contributed by atoms with Crippen molar-refractivity contribution in [1.82, 2.24) is 9.97 Å². The van der Waals surface area contributed by atoms with Gasteiger partial charge in [0, 0.05) is 6.54 Å². The number of nitrogens with zero attached hydrogens (tertiary/aromatic N) is 1. The number of nitrogens with one attached hydrogen (secondary N) is 2. The molecule has 6 heteroatoms. The minimum absolute atomic E-state index is 0.325. The number of hydrogen-bond acceptors (Lipinski definition) is 3. The number of hydrogen-bond donors (Lipinski definition) is 3. The second kappa shape index (κ2) is 4.40. The maximum absolute atomic E-state index is 12.9. The van der Waals surface area contributed by atoms with Crippen molar-refractivity contribution in [3.8, 4) is 0 Å². The molecule has 0 saturated heterocycles. The molecule has 90 valence electrons. The molecule has 0 unspecified atom stereocenters. The van der Waals surface area contributed by atoms with Gasteiger partial charge in [-0.15, -0.1) is 0 Å². The lowest BCUT2D eigenvalue weighted by Gasteiger charge is -2.04. The summed E-state index contributed by atoms with van der Waals surface area (Å²) in [6.07, 6.45) is 0. The summed E-state index contributed by atoms with van der Waals surface area (Å²) in [5.74, 6) is -0.105. The van der Waals surface area contributed by atoms with Gasteiger partial charge in [-0.25, -0.2) is 13.8 Å². The van der Waals surface area contributed by atoms with E-state index >= 15 is 0 Å². The smallest absolute Gasteiger partial charge is 0.169 e. The number of halogens is 2. The zero-order valence-electron chi connectivity index (χ0n) is 9.22. The molecule has 0 fully saturated rings. The van der Waals surface area contributed by atoms with Gasteiger partial charge in [-0.1, -0.05) is 6.07 Å². The number of imidazole rings is 1. The van der Waals surface area contributed by atoms with Crippen molar-refractivity contribution in [1.29, 1.82) is 0 Å². The van der Waals surface area contributed by atoms with E-state index in [-0.39, 0.29) is 0 Å². The van der Waals surface area contributed by atoms with E-state index in [0.29, 0.717) is 29.6 Å². The molecule has 0 amide bonds. The number of nitrogens with two attached hydrogens (primary N) is 1. The molecule has 17 heavy (non-hydrogen) atoms. The van der Waals surface area contributed by atoms with E-state index in [1.54, 1.807) is 6.92 Å². The fourth-order valence-corrected chi connectivity index (χ4v) is 1.48. The molecule has 0 spiro atoms. The minimum atomic E-state index is -0.865. The van der Waals surface area contributed by atoms with Crippen LogP contribution in [0.15, 0.2) is 18.2 Å². The van der Waals surface area contributed by atoms with Crippen LogP contribution in [0, 0.1) is 18.6 Å². The van der Waals surface area contributed by atoms with Crippen LogP contribution < -0.4 is 11.1 Å². The Balaban J connectivity index is 2.07. The SMILES string of the molecule is Cc1nc(NCc2ccc(F)c(F)c2)c(N)[nH]1. The Morgan fingerprint density at radius 1 is 1.35 bits per heavy atom. The second-order valence-electron chi connectivity index (χ2n) is 3.69. The lowest BCUT2D eigenvalue weighted by atomic mass is 10.2. The second-order valence-corrected chi connectivity index (χ2v) is 3.69. The number of nitrogen functional groups attached to an aromatic ring is 1. The van der Waals surface area contributed by atoms with Crippen LogP contribution in [0.1, 0.15) is 11.4 Å². The molecular weight excluding hydrogens is 226 g/mol. The molecule has 0 aliphatic heterocycles. The summed E-state index contributed by atoms with van der Waals surface area (Å²) in [5, 5.41) is 2.94. The van der Waals surface area contributed by atoms with E-state index in [1.165, 1.54) is 6.07 Å². The average Bonchev–Trinajstić information content (AvgIpc) is 2.59. The van der Waals surface area contributed by atoms with E-state index in [2.05, 4.69) is 15.3 Å². The molecule has 0 radical (unpaired) electrons. The van der Waals surface area contributed by atoms with Gasteiger partial charge in [-0.3, -0.25) is 0 Å². The lowest BCUT2D eigenvalue weighted by molar-refractivity contribution is 0.507. The number of aromatic nitrogens is 2. The Morgan fingerprint density at radius 2 is 2.12 bits per heavy atom. The standard InChI is InChI=1S/C11H12F2N4/c1-6-16-10(14)11(17-6)15-5-7-2-3-8(12)9(13)4-7/h2-4,15H,5,14H2,1H3,(H,16,17). The van der Waals surface area contributed by atoms with Gasteiger partial charge in [0.15, 0.2) is 17.5 Å². The number of anilines is 2. The van der Waals surface area contributed by atoms with E-state index < -0.39 is 11.6 Å². The molecule has 0 aliphatic carbocycles. The van der Waals surface area contributed by atoms with E-state index in [4.69, 9.17) is 5.73 Å². The number of H-pyrrole nitrogens is 1. The molecule has 0 bridgehead atoms. The molecule has 1 aromatic heterocycles. The number of aryl methyl sites for hydroxylation is 1. The fraction of sp³-hybridized carbons (Fsp3) is 0.182. The quantitative estimate of drug-likeness (QED) is 0.767. The van der Waals surface area contributed by atoms with Crippen LogP contribution in [0.4, 0.5) is 20.4 Å². The summed E-state index contributed by atoms with van der Waals surface area (Å²) < 4.78 is 25.6. The van der Waals surface area contributed by atoms with Crippen LogP contribution >= 0.6 is 0 Å². The van der Waals surface area contributed by atoms with Crippen LogP contribution in [-0.2, 0) is 6.54 Å². The summed E-state index contributed by atoms with van der Waals surface area (Å²) in [6, 6.07) is 3.73. The topological polar surface area (TPSA) is 66.7 Å². The summed E-state index contributed by atoms with van der Waals surface area (Å²) in [7, 11) is 0. The molecule has 1 aromatic carbocycles. The summed E-state index contributed by atoms with van der Waals surface area (Å²) in [4.78, 5) is 6.94. The molecule has 4 nitrogen and oxygen atoms in total. The van der Waals surface area contributed by atoms with Gasteiger partial charge in [0.05, 0.1) is 0 Å². The van der Waals surface area contributed by atoms with Crippen molar-refractivity contribution in [2.45, 2.75) is 13.5 Å². The molecular formula is C11H12F2N4. The Labute approximate surface area is 96.9 Å². The summed E-state index contributed by atoms with van der Waals surface area (Å²) in [5.41, 5.74) is 6.26. The van der Waals surface area contributed by atoms with Gasteiger partial charge in [0.1, 0.15) is 11.6 Å². The normalized spacial score (nSPS) is 10.5. The maximum Gasteiger partial charge on any atom is 0.169 e. The third kappa shape index (κ3) is 2.52. The Kier molecular flexibility index (Phi) is 2.95. The van der Waals surface area contributed by atoms with E-state index in [9.17, 15) is 8.78 Å². The third-order valence-electron chi connectivity index (χ3n) is 2.29. The molecule has 2 rings (SSSR count). The van der Waals surface area contributed by atoms with E-state index in [0.717, 1.165) is 12.1 Å². The van der Waals surface area contributed by atoms with Gasteiger partial charge in [-0.2, -0.15) is 0 Å². The first-order valence-corrected chi connectivity index (χ1v) is 5.06. The molecule has 0 aliphatic rings. The first-order valence-electron chi connectivity index (χ1n) is 5.06. The Morgan fingerprint density at radius 3 is 2.71 bits per heavy atom. The van der Waals surface area contributed by atoms with Crippen molar-refractivity contribution in [2.24, 2.45) is 0 Å². The predicted molar refractivity (Wildman–Crippen MR) is 61.4 cm³/mol. The van der Waals surface area contributed by atoms with Gasteiger partial charge in [-0.05, 0) is 24.6 Å². The molecule has 4 N–H and O–H groups in total. The van der Waals surface area contributed by atoms with Crippen molar-refractivity contribution in [2.75, 3.05) is 11.1 Å². The number of aromatic amines is 1. The largest absolute Gasteiger partial charge is 0.382 e. The van der Waals surface area contributed by atoms with E-state index in [1.807, 2.05) is 0 Å². The molecule has 0 saturated carbocycles. The minimum Gasteiger partial charge on any atom is -0.382 e. The third-order valence-corrected chi connectivity index (χ3v) is 2.29. The van der Waals surface area contributed by atoms with Gasteiger partial charge >= 0.3 is 0 Å². The monoisotopic (exact) mass is 238 g/mol. The van der Waals surface area contributed by atoms with Crippen LogP contribution in [0.25, 0.3) is 0 Å². The zero-order valence-corrected chi connectivity index (χ0v) is 9.22. The Bertz CT molecular complexity index is 536. The van der Waals surface area contributed by atoms with Crippen molar-refractivity contribution in [3.63, 3.8) is 0 Å². The van der Waals surface area contributed by atoms with Gasteiger partial charge in [0.2, 0.25) is 0 Å². The zero-order chi connectivity index (χ0) is 12.4. The lowest BCUT2D eigenvalue weighted by Crippen LogP contribution is -2.03. The first-order chi connectivity index (χ1) is 8.06. The Hall–Kier alpha value is -2.11. The summed E-state index contributed by atoms with van der Waals surface area (Å²) in [6.45, 7) is 2.10. The van der Waals surface area contributed by atoms with Crippen molar-refractivity contribution in [3.05, 3.63) is 41.2 Å². The average molecular weight is 238 g/mol. The predicted octanol–water partition coefficient (Wildman–Crippen LogP) is 2.19. The van der Waals surface area contributed by atoms with Crippen LogP contribution in [-0.4, -0.2) is 9.97 Å². The fourth-order valence-electron chi connectivity index (χ4n) is 1.48. The highest BCUT2D eigenvalue weighted by Crippen LogP contribution is 2.16. The first kappa shape index (κ1) is 11.4. The molecule has 1 heterocycles. The van der Waals surface area contributed by atoms with Crippen LogP contribution in [0.3, 0.4) is 0 Å². The highest BCUT2D eigenvalue weighted by molar-refractivity contribution is 5.57. The van der Waals surface area contributed by atoms with Gasteiger partial charge in [0.25, 0.3) is 0 Å². The van der Waals surface area contributed by atoms with Crippen LogP contribution in [0.2, 0.25) is 0 Å². The maximum atomic E-state index is 12.9. The highest BCUT2D eigenvalue weighted by Gasteiger charge is 2.06. The molecule has 0 atom stereocenters. The summed E-state index contributed by atoms with van der Waals surface area (Å²) >= 11 is 0.